The van der Waals surface area contributed by atoms with Crippen LogP contribution in [0.4, 0.5) is 4.39 Å². The zero-order valence-corrected chi connectivity index (χ0v) is 10.2. The van der Waals surface area contributed by atoms with E-state index in [1.54, 1.807) is 23.5 Å². The zero-order chi connectivity index (χ0) is 11.8. The van der Waals surface area contributed by atoms with Gasteiger partial charge in [-0.3, -0.25) is 4.90 Å². The second-order valence-corrected chi connectivity index (χ2v) is 5.62. The average molecular weight is 251 g/mol. The predicted molar refractivity (Wildman–Crippen MR) is 67.4 cm³/mol. The van der Waals surface area contributed by atoms with Gasteiger partial charge in [0.2, 0.25) is 0 Å². The van der Waals surface area contributed by atoms with Gasteiger partial charge in [-0.05, 0) is 24.6 Å². The second-order valence-electron chi connectivity index (χ2n) is 4.50. The third-order valence-electron chi connectivity index (χ3n) is 3.06. The van der Waals surface area contributed by atoms with E-state index in [9.17, 15) is 4.39 Å². The smallest absolute Gasteiger partial charge is 0.124 e. The van der Waals surface area contributed by atoms with Crippen LogP contribution in [0.1, 0.15) is 11.4 Å². The average Bonchev–Trinajstić information content (AvgIpc) is 2.84. The molecule has 1 aromatic heterocycles. The van der Waals surface area contributed by atoms with E-state index in [2.05, 4.69) is 9.88 Å². The Morgan fingerprint density at radius 1 is 1.53 bits per heavy atom. The van der Waals surface area contributed by atoms with E-state index in [4.69, 9.17) is 5.73 Å². The first kappa shape index (κ1) is 11.1. The Morgan fingerprint density at radius 3 is 3.18 bits per heavy atom. The fourth-order valence-corrected chi connectivity index (χ4v) is 3.25. The molecule has 1 fully saturated rings. The molecular formula is C12H14FN3S. The molecule has 0 amide bonds. The van der Waals surface area contributed by atoms with Gasteiger partial charge in [-0.25, -0.2) is 9.37 Å². The van der Waals surface area contributed by atoms with Crippen molar-refractivity contribution in [1.29, 1.82) is 0 Å². The third kappa shape index (κ3) is 2.31. The number of nitrogens with zero attached hydrogens (tertiary/aromatic N) is 2. The monoisotopic (exact) mass is 251 g/mol. The Kier molecular flexibility index (Phi) is 2.82. The van der Waals surface area contributed by atoms with Crippen molar-refractivity contribution in [2.75, 3.05) is 13.1 Å². The van der Waals surface area contributed by atoms with Gasteiger partial charge in [-0.15, -0.1) is 11.3 Å². The fourth-order valence-electron chi connectivity index (χ4n) is 2.21. The highest BCUT2D eigenvalue weighted by atomic mass is 32.1. The van der Waals surface area contributed by atoms with Gasteiger partial charge in [0, 0.05) is 19.1 Å². The van der Waals surface area contributed by atoms with E-state index in [1.807, 2.05) is 0 Å². The predicted octanol–water partition coefficient (Wildman–Crippen LogP) is 1.97. The van der Waals surface area contributed by atoms with Crippen LogP contribution >= 0.6 is 11.3 Å². The van der Waals surface area contributed by atoms with Crippen LogP contribution in [0.5, 0.6) is 0 Å². The second kappa shape index (κ2) is 4.33. The van der Waals surface area contributed by atoms with Crippen LogP contribution in [0.25, 0.3) is 10.2 Å². The molecule has 1 saturated heterocycles. The number of fused-ring (bicyclic) bond motifs is 1. The van der Waals surface area contributed by atoms with Gasteiger partial charge >= 0.3 is 0 Å². The van der Waals surface area contributed by atoms with Crippen LogP contribution in [0.2, 0.25) is 0 Å². The van der Waals surface area contributed by atoms with Gasteiger partial charge in [0.05, 0.1) is 16.8 Å². The van der Waals surface area contributed by atoms with Crippen molar-refractivity contribution in [2.24, 2.45) is 5.73 Å². The van der Waals surface area contributed by atoms with Crippen LogP contribution in [0, 0.1) is 5.82 Å². The zero-order valence-electron chi connectivity index (χ0n) is 9.40. The first-order valence-electron chi connectivity index (χ1n) is 5.73. The number of hydrogen-bond acceptors (Lipinski definition) is 4. The van der Waals surface area contributed by atoms with Gasteiger partial charge in [0.1, 0.15) is 10.8 Å². The lowest BCUT2D eigenvalue weighted by Crippen LogP contribution is -2.26. The highest BCUT2D eigenvalue weighted by molar-refractivity contribution is 7.18. The summed E-state index contributed by atoms with van der Waals surface area (Å²) >= 11 is 1.57. The summed E-state index contributed by atoms with van der Waals surface area (Å²) in [5, 5.41) is 1.04. The molecule has 2 heterocycles. The minimum atomic E-state index is -0.198. The van der Waals surface area contributed by atoms with Crippen molar-refractivity contribution in [2.45, 2.75) is 19.0 Å². The number of likely N-dealkylation sites (tertiary alicyclic amines) is 1. The molecule has 3 nitrogen and oxygen atoms in total. The molecule has 1 aromatic carbocycles. The van der Waals surface area contributed by atoms with E-state index in [-0.39, 0.29) is 5.82 Å². The molecular weight excluding hydrogens is 237 g/mol. The Balaban J connectivity index is 1.81. The van der Waals surface area contributed by atoms with E-state index in [1.165, 1.54) is 6.07 Å². The van der Waals surface area contributed by atoms with Gasteiger partial charge in [-0.1, -0.05) is 0 Å². The molecule has 90 valence electrons. The van der Waals surface area contributed by atoms with Crippen molar-refractivity contribution in [1.82, 2.24) is 9.88 Å². The molecule has 1 unspecified atom stereocenters. The van der Waals surface area contributed by atoms with Gasteiger partial charge in [0.25, 0.3) is 0 Å². The number of nitrogens with two attached hydrogens (primary N) is 1. The molecule has 3 rings (SSSR count). The van der Waals surface area contributed by atoms with E-state index in [0.29, 0.717) is 6.04 Å². The Bertz CT molecular complexity index is 540. The van der Waals surface area contributed by atoms with Crippen LogP contribution in [0.3, 0.4) is 0 Å². The minimum Gasteiger partial charge on any atom is -0.326 e. The highest BCUT2D eigenvalue weighted by Gasteiger charge is 2.20. The number of benzene rings is 1. The maximum atomic E-state index is 13.1. The third-order valence-corrected chi connectivity index (χ3v) is 4.07. The quantitative estimate of drug-likeness (QED) is 0.887. The molecule has 0 aliphatic carbocycles. The van der Waals surface area contributed by atoms with Crippen LogP contribution < -0.4 is 5.73 Å². The largest absolute Gasteiger partial charge is 0.326 e. The molecule has 17 heavy (non-hydrogen) atoms. The van der Waals surface area contributed by atoms with Crippen LogP contribution in [0.15, 0.2) is 18.2 Å². The molecule has 2 N–H and O–H groups in total. The van der Waals surface area contributed by atoms with Crippen molar-refractivity contribution < 1.29 is 4.39 Å². The van der Waals surface area contributed by atoms with Crippen molar-refractivity contribution in [3.8, 4) is 0 Å². The van der Waals surface area contributed by atoms with Gasteiger partial charge < -0.3 is 5.73 Å². The first-order valence-corrected chi connectivity index (χ1v) is 6.55. The number of thiazole rings is 1. The lowest BCUT2D eigenvalue weighted by Gasteiger charge is -2.12. The van der Waals surface area contributed by atoms with Crippen LogP contribution in [-0.2, 0) is 6.54 Å². The van der Waals surface area contributed by atoms with Gasteiger partial charge in [-0.2, -0.15) is 0 Å². The van der Waals surface area contributed by atoms with Gasteiger partial charge in [0.15, 0.2) is 0 Å². The molecule has 0 bridgehead atoms. The topological polar surface area (TPSA) is 42.1 Å². The summed E-state index contributed by atoms with van der Waals surface area (Å²) in [5.74, 6) is -0.198. The van der Waals surface area contributed by atoms with Crippen molar-refractivity contribution in [3.05, 3.63) is 29.0 Å². The minimum absolute atomic E-state index is 0.198. The summed E-state index contributed by atoms with van der Waals surface area (Å²) in [6.07, 6.45) is 1.06. The lowest BCUT2D eigenvalue weighted by molar-refractivity contribution is 0.326. The molecule has 2 aromatic rings. The molecule has 5 heteroatoms. The van der Waals surface area contributed by atoms with E-state index >= 15 is 0 Å². The highest BCUT2D eigenvalue weighted by Crippen LogP contribution is 2.24. The standard InChI is InChI=1S/C12H14FN3S/c13-8-1-2-10-11(5-8)17-12(15-10)7-16-4-3-9(14)6-16/h1-2,5,9H,3-4,6-7,14H2. The Labute approximate surface area is 103 Å². The molecule has 1 aliphatic heterocycles. The maximum Gasteiger partial charge on any atom is 0.124 e. The van der Waals surface area contributed by atoms with Crippen LogP contribution in [-0.4, -0.2) is 29.0 Å². The molecule has 0 spiro atoms. The van der Waals surface area contributed by atoms with E-state index in [0.717, 1.165) is 41.3 Å². The SMILES string of the molecule is NC1CCN(Cc2nc3ccc(F)cc3s2)C1. The summed E-state index contributed by atoms with van der Waals surface area (Å²) in [6, 6.07) is 5.03. The first-order chi connectivity index (χ1) is 8.20. The number of halogens is 1. The maximum absolute atomic E-state index is 13.1. The lowest BCUT2D eigenvalue weighted by atomic mass is 10.3. The number of rotatable bonds is 2. The molecule has 0 saturated carbocycles. The summed E-state index contributed by atoms with van der Waals surface area (Å²) < 4.78 is 14.0. The summed E-state index contributed by atoms with van der Waals surface area (Å²) in [4.78, 5) is 6.82. The normalized spacial score (nSPS) is 21.4. The number of aromatic nitrogens is 1. The molecule has 1 aliphatic rings. The summed E-state index contributed by atoms with van der Waals surface area (Å²) in [6.45, 7) is 2.80. The number of hydrogen-bond donors (Lipinski definition) is 1. The van der Waals surface area contributed by atoms with E-state index < -0.39 is 0 Å². The Morgan fingerprint density at radius 2 is 2.41 bits per heavy atom. The molecule has 1 atom stereocenters. The van der Waals surface area contributed by atoms with Crippen molar-refractivity contribution >= 4 is 21.6 Å². The Hall–Kier alpha value is -1.04. The fraction of sp³-hybridized carbons (Fsp3) is 0.417. The summed E-state index contributed by atoms with van der Waals surface area (Å²) in [7, 11) is 0. The van der Waals surface area contributed by atoms with Crippen molar-refractivity contribution in [3.63, 3.8) is 0 Å². The summed E-state index contributed by atoms with van der Waals surface area (Å²) in [5.41, 5.74) is 6.75. The molecule has 0 radical (unpaired) electrons.